The summed E-state index contributed by atoms with van der Waals surface area (Å²) in [6.07, 6.45) is 1.17. The van der Waals surface area contributed by atoms with Crippen LogP contribution in [0.3, 0.4) is 0 Å². The van der Waals surface area contributed by atoms with Gasteiger partial charge in [0.15, 0.2) is 27.5 Å². The number of alkyl halides is 1. The summed E-state index contributed by atoms with van der Waals surface area (Å²) in [5.41, 5.74) is -0.355. The van der Waals surface area contributed by atoms with Crippen LogP contribution in [0.2, 0.25) is 4.47 Å². The van der Waals surface area contributed by atoms with Crippen molar-refractivity contribution in [2.24, 2.45) is 0 Å². The Morgan fingerprint density at radius 1 is 1.32 bits per heavy atom. The summed E-state index contributed by atoms with van der Waals surface area (Å²) in [6, 6.07) is 1.25. The molecule has 0 unspecified atom stereocenters. The van der Waals surface area contributed by atoms with Gasteiger partial charge in [-0.25, -0.2) is 26.6 Å². The molecule has 2 heterocycles. The molecule has 0 spiro atoms. The lowest BCUT2D eigenvalue weighted by molar-refractivity contribution is 0.261. The highest BCUT2D eigenvalue weighted by Gasteiger charge is 2.24. The van der Waals surface area contributed by atoms with Crippen LogP contribution in [-0.4, -0.2) is 31.7 Å². The molecule has 0 atom stereocenters. The first-order valence-corrected chi connectivity index (χ1v) is 9.33. The SMILES string of the molecule is O=S(=O)(Nc1cc(F)c(OCCF)cc1F)c1c[nH]c2nc(Cl)sc12. The molecule has 2 aromatic heterocycles. The molecule has 6 nitrogen and oxygen atoms in total. The number of ether oxygens (including phenoxy) is 1. The van der Waals surface area contributed by atoms with E-state index in [9.17, 15) is 21.6 Å². The van der Waals surface area contributed by atoms with Gasteiger partial charge in [-0.1, -0.05) is 22.9 Å². The molecule has 0 saturated heterocycles. The molecule has 1 aromatic carbocycles. The molecule has 12 heteroatoms. The molecule has 0 amide bonds. The Hall–Kier alpha value is -1.98. The van der Waals surface area contributed by atoms with E-state index in [1.54, 1.807) is 0 Å². The van der Waals surface area contributed by atoms with Gasteiger partial charge in [-0.3, -0.25) is 4.72 Å². The van der Waals surface area contributed by atoms with Gasteiger partial charge in [-0.2, -0.15) is 0 Å². The lowest BCUT2D eigenvalue weighted by Gasteiger charge is -2.11. The second-order valence-corrected chi connectivity index (χ2v) is 7.93. The van der Waals surface area contributed by atoms with Gasteiger partial charge in [0, 0.05) is 18.3 Å². The number of sulfonamides is 1. The van der Waals surface area contributed by atoms with Crippen LogP contribution in [0.25, 0.3) is 10.3 Å². The van der Waals surface area contributed by atoms with Crippen LogP contribution in [-0.2, 0) is 10.0 Å². The minimum absolute atomic E-state index is 0.130. The van der Waals surface area contributed by atoms with E-state index in [4.69, 9.17) is 16.3 Å². The van der Waals surface area contributed by atoms with Crippen LogP contribution in [0.15, 0.2) is 23.2 Å². The Morgan fingerprint density at radius 3 is 2.80 bits per heavy atom. The van der Waals surface area contributed by atoms with Gasteiger partial charge in [0.1, 0.15) is 18.2 Å². The number of benzene rings is 1. The van der Waals surface area contributed by atoms with E-state index in [0.29, 0.717) is 12.1 Å². The first kappa shape index (κ1) is 17.8. The largest absolute Gasteiger partial charge is 0.488 e. The molecular formula is C13H9ClF3N3O3S2. The average molecular weight is 412 g/mol. The Kier molecular flexibility index (Phi) is 4.80. The van der Waals surface area contributed by atoms with Crippen LogP contribution in [0, 0.1) is 11.6 Å². The Morgan fingerprint density at radius 2 is 2.08 bits per heavy atom. The molecule has 0 aliphatic rings. The van der Waals surface area contributed by atoms with E-state index >= 15 is 0 Å². The molecule has 0 bridgehead atoms. The van der Waals surface area contributed by atoms with E-state index in [2.05, 4.69) is 9.97 Å². The first-order chi connectivity index (χ1) is 11.8. The zero-order valence-electron chi connectivity index (χ0n) is 12.1. The fourth-order valence-corrected chi connectivity index (χ4v) is 4.57. The van der Waals surface area contributed by atoms with Crippen molar-refractivity contribution in [1.29, 1.82) is 0 Å². The number of halogens is 4. The van der Waals surface area contributed by atoms with Crippen LogP contribution in [0.4, 0.5) is 18.9 Å². The van der Waals surface area contributed by atoms with Gasteiger partial charge in [0.05, 0.1) is 10.4 Å². The molecule has 25 heavy (non-hydrogen) atoms. The number of H-pyrrole nitrogens is 1. The van der Waals surface area contributed by atoms with E-state index in [0.717, 1.165) is 11.3 Å². The van der Waals surface area contributed by atoms with Crippen LogP contribution in [0.5, 0.6) is 5.75 Å². The number of aromatic nitrogens is 2. The molecule has 3 rings (SSSR count). The lowest BCUT2D eigenvalue weighted by atomic mass is 10.3. The fraction of sp³-hybridized carbons (Fsp3) is 0.154. The molecule has 2 N–H and O–H groups in total. The van der Waals surface area contributed by atoms with Crippen molar-refractivity contribution in [1.82, 2.24) is 9.97 Å². The summed E-state index contributed by atoms with van der Waals surface area (Å²) in [5.74, 6) is -2.63. The highest BCUT2D eigenvalue weighted by Crippen LogP contribution is 2.33. The van der Waals surface area contributed by atoms with Gasteiger partial charge < -0.3 is 9.72 Å². The number of anilines is 1. The topological polar surface area (TPSA) is 84.1 Å². The first-order valence-electron chi connectivity index (χ1n) is 6.66. The summed E-state index contributed by atoms with van der Waals surface area (Å²) in [6.45, 7) is -1.33. The van der Waals surface area contributed by atoms with E-state index in [1.165, 1.54) is 6.20 Å². The maximum atomic E-state index is 14.0. The summed E-state index contributed by atoms with van der Waals surface area (Å²) in [4.78, 5) is 6.31. The van der Waals surface area contributed by atoms with Crippen molar-refractivity contribution < 1.29 is 26.3 Å². The molecular weight excluding hydrogens is 403 g/mol. The van der Waals surface area contributed by atoms with Gasteiger partial charge in [-0.05, 0) is 0 Å². The van der Waals surface area contributed by atoms with Crippen molar-refractivity contribution in [3.05, 3.63) is 34.4 Å². The quantitative estimate of drug-likeness (QED) is 0.647. The molecule has 134 valence electrons. The lowest BCUT2D eigenvalue weighted by Crippen LogP contribution is -2.14. The molecule has 0 fully saturated rings. The standard InChI is InChI=1S/C13H9ClF3N3O3S2/c14-13-19-12-11(24-13)10(5-18-12)25(21,22)20-8-3-7(17)9(4-6(8)16)23-2-1-15/h3-5,18,20H,1-2H2. The number of fused-ring (bicyclic) bond motifs is 1. The summed E-state index contributed by atoms with van der Waals surface area (Å²) in [5, 5.41) is 0. The zero-order chi connectivity index (χ0) is 18.2. The number of hydrogen-bond donors (Lipinski definition) is 2. The third-order valence-corrected chi connectivity index (χ3v) is 5.77. The molecule has 0 saturated carbocycles. The Balaban J connectivity index is 1.94. The summed E-state index contributed by atoms with van der Waals surface area (Å²) >= 11 is 6.66. The van der Waals surface area contributed by atoms with Crippen LogP contribution < -0.4 is 9.46 Å². The Labute approximate surface area is 148 Å². The van der Waals surface area contributed by atoms with Gasteiger partial charge in [0.25, 0.3) is 10.0 Å². The predicted molar refractivity (Wildman–Crippen MR) is 87.6 cm³/mol. The molecule has 0 aliphatic carbocycles. The van der Waals surface area contributed by atoms with Crippen molar-refractivity contribution in [2.75, 3.05) is 18.0 Å². The number of hydrogen-bond acceptors (Lipinski definition) is 5. The van der Waals surface area contributed by atoms with Crippen molar-refractivity contribution in [3.63, 3.8) is 0 Å². The van der Waals surface area contributed by atoms with Crippen LogP contribution in [0.1, 0.15) is 0 Å². The number of nitrogens with zero attached hydrogens (tertiary/aromatic N) is 1. The molecule has 3 aromatic rings. The Bertz CT molecular complexity index is 1040. The second-order valence-electron chi connectivity index (χ2n) is 4.70. The van der Waals surface area contributed by atoms with Crippen LogP contribution >= 0.6 is 22.9 Å². The average Bonchev–Trinajstić information content (AvgIpc) is 3.07. The third kappa shape index (κ3) is 3.53. The number of aromatic amines is 1. The van der Waals surface area contributed by atoms with Crippen molar-refractivity contribution in [3.8, 4) is 5.75 Å². The van der Waals surface area contributed by atoms with E-state index in [1.807, 2.05) is 4.72 Å². The van der Waals surface area contributed by atoms with E-state index < -0.39 is 46.4 Å². The monoisotopic (exact) mass is 411 g/mol. The summed E-state index contributed by atoms with van der Waals surface area (Å²) in [7, 11) is -4.23. The fourth-order valence-electron chi connectivity index (χ4n) is 2.02. The van der Waals surface area contributed by atoms with Gasteiger partial charge in [-0.15, -0.1) is 0 Å². The maximum Gasteiger partial charge on any atom is 0.265 e. The predicted octanol–water partition coefficient (Wildman–Crippen LogP) is 3.71. The van der Waals surface area contributed by atoms with Gasteiger partial charge in [0.2, 0.25) is 0 Å². The number of nitrogens with one attached hydrogen (secondary N) is 2. The smallest absolute Gasteiger partial charge is 0.265 e. The number of thiazole rings is 1. The minimum Gasteiger partial charge on any atom is -0.488 e. The molecule has 0 aliphatic heterocycles. The summed E-state index contributed by atoms with van der Waals surface area (Å²) < 4.78 is 71.9. The minimum atomic E-state index is -4.23. The van der Waals surface area contributed by atoms with Crippen molar-refractivity contribution in [2.45, 2.75) is 4.90 Å². The molecule has 0 radical (unpaired) electrons. The number of rotatable bonds is 6. The third-order valence-electron chi connectivity index (χ3n) is 3.05. The maximum absolute atomic E-state index is 14.0. The van der Waals surface area contributed by atoms with Crippen molar-refractivity contribution >= 4 is 49.0 Å². The zero-order valence-corrected chi connectivity index (χ0v) is 14.5. The van der Waals surface area contributed by atoms with E-state index in [-0.39, 0.29) is 19.7 Å². The second kappa shape index (κ2) is 6.73. The normalized spacial score (nSPS) is 11.8. The highest BCUT2D eigenvalue weighted by atomic mass is 35.5. The van der Waals surface area contributed by atoms with Gasteiger partial charge >= 0.3 is 0 Å². The highest BCUT2D eigenvalue weighted by molar-refractivity contribution is 7.93.